The van der Waals surface area contributed by atoms with Crippen molar-refractivity contribution in [3.63, 3.8) is 0 Å². The Morgan fingerprint density at radius 2 is 2.19 bits per heavy atom. The third-order valence-electron chi connectivity index (χ3n) is 3.38. The first kappa shape index (κ1) is 13.4. The molecule has 0 bridgehead atoms. The molecule has 2 heterocycles. The van der Waals surface area contributed by atoms with Crippen molar-refractivity contribution >= 4 is 21.7 Å². The van der Waals surface area contributed by atoms with Crippen molar-refractivity contribution in [2.24, 2.45) is 0 Å². The van der Waals surface area contributed by atoms with Crippen LogP contribution in [0.1, 0.15) is 5.56 Å². The van der Waals surface area contributed by atoms with Gasteiger partial charge in [-0.1, -0.05) is 30.2 Å². The van der Waals surface area contributed by atoms with Gasteiger partial charge < -0.3 is 5.11 Å². The molecular weight excluding hydrogens is 284 g/mol. The lowest BCUT2D eigenvalue weighted by Crippen LogP contribution is -2.22. The molecule has 2 aromatic heterocycles. The Labute approximate surface area is 125 Å². The lowest BCUT2D eigenvalue weighted by molar-refractivity contribution is 0.482. The fourth-order valence-electron chi connectivity index (χ4n) is 2.37. The Kier molecular flexibility index (Phi) is 3.24. The van der Waals surface area contributed by atoms with Crippen LogP contribution in [-0.4, -0.2) is 14.7 Å². The molecule has 0 fully saturated rings. The van der Waals surface area contributed by atoms with Crippen LogP contribution < -0.4 is 5.56 Å². The van der Waals surface area contributed by atoms with Gasteiger partial charge in [-0.05, 0) is 18.1 Å². The largest absolute Gasteiger partial charge is 0.505 e. The van der Waals surface area contributed by atoms with Gasteiger partial charge in [0.15, 0.2) is 5.65 Å². The smallest absolute Gasteiger partial charge is 0.264 e. The summed E-state index contributed by atoms with van der Waals surface area (Å²) in [6.07, 6.45) is 5.35. The monoisotopic (exact) mass is 296 g/mol. The number of pyridine rings is 1. The fraction of sp³-hybridized carbons (Fsp3) is 0.125. The highest BCUT2D eigenvalue weighted by atomic mass is 32.1. The van der Waals surface area contributed by atoms with Crippen molar-refractivity contribution in [3.8, 4) is 29.2 Å². The molecule has 0 radical (unpaired) electrons. The zero-order chi connectivity index (χ0) is 15.0. The Morgan fingerprint density at radius 3 is 2.90 bits per heavy atom. The van der Waals surface area contributed by atoms with E-state index in [2.05, 4.69) is 10.9 Å². The average molecular weight is 296 g/mol. The van der Waals surface area contributed by atoms with Crippen LogP contribution >= 0.6 is 11.3 Å². The van der Waals surface area contributed by atoms with E-state index in [1.807, 2.05) is 31.2 Å². The molecule has 0 saturated heterocycles. The van der Waals surface area contributed by atoms with Gasteiger partial charge in [0.05, 0.1) is 17.6 Å². The molecular formula is C16H12N2O2S. The Hall–Kier alpha value is -2.58. The summed E-state index contributed by atoms with van der Waals surface area (Å²) >= 11 is 1.29. The summed E-state index contributed by atoms with van der Waals surface area (Å²) in [5, 5.41) is 10.5. The second-order valence-corrected chi connectivity index (χ2v) is 5.49. The maximum atomic E-state index is 12.7. The number of benzene rings is 1. The number of rotatable bonds is 2. The first-order valence-corrected chi connectivity index (χ1v) is 7.21. The minimum atomic E-state index is -0.321. The fourth-order valence-corrected chi connectivity index (χ4v) is 3.11. The van der Waals surface area contributed by atoms with Crippen LogP contribution in [0.5, 0.6) is 5.75 Å². The van der Waals surface area contributed by atoms with Crippen LogP contribution in [0.25, 0.3) is 21.5 Å². The lowest BCUT2D eigenvalue weighted by atomic mass is 10.0. The van der Waals surface area contributed by atoms with Gasteiger partial charge in [-0.3, -0.25) is 9.36 Å². The molecule has 0 saturated carbocycles. The van der Waals surface area contributed by atoms with E-state index in [1.54, 1.807) is 5.51 Å². The topological polar surface area (TPSA) is 55.1 Å². The standard InChI is InChI=1S/C16H12N2O2S/c1-3-8-18-15-14(21-9-17-15)13(19)12(16(18)20)11-7-5-4-6-10(11)2/h1,4-7,9,19H,8H2,2H3. The van der Waals surface area contributed by atoms with Crippen molar-refractivity contribution < 1.29 is 5.11 Å². The molecule has 0 unspecified atom stereocenters. The molecule has 0 aliphatic carbocycles. The van der Waals surface area contributed by atoms with Crippen LogP contribution in [0, 0.1) is 19.3 Å². The molecule has 3 rings (SSSR count). The van der Waals surface area contributed by atoms with E-state index in [4.69, 9.17) is 6.42 Å². The summed E-state index contributed by atoms with van der Waals surface area (Å²) in [6, 6.07) is 7.44. The SMILES string of the molecule is C#CCn1c(=O)c(-c2ccccc2C)c(O)c2scnc21. The number of aryl methyl sites for hydroxylation is 1. The molecule has 0 amide bonds. The molecule has 3 aromatic rings. The highest BCUT2D eigenvalue weighted by Gasteiger charge is 2.20. The first-order valence-electron chi connectivity index (χ1n) is 6.33. The molecule has 21 heavy (non-hydrogen) atoms. The minimum absolute atomic E-state index is 0.0277. The van der Waals surface area contributed by atoms with Crippen LogP contribution in [0.15, 0.2) is 34.6 Å². The van der Waals surface area contributed by atoms with Gasteiger partial charge in [0.2, 0.25) is 0 Å². The third kappa shape index (κ3) is 2.01. The molecule has 0 atom stereocenters. The highest BCUT2D eigenvalue weighted by molar-refractivity contribution is 7.17. The van der Waals surface area contributed by atoms with Crippen molar-refractivity contribution in [2.75, 3.05) is 0 Å². The van der Waals surface area contributed by atoms with E-state index in [1.165, 1.54) is 15.9 Å². The first-order chi connectivity index (χ1) is 10.1. The maximum Gasteiger partial charge on any atom is 0.264 e. The number of hydrogen-bond acceptors (Lipinski definition) is 4. The number of nitrogens with zero attached hydrogens (tertiary/aromatic N) is 2. The van der Waals surface area contributed by atoms with Crippen molar-refractivity contribution in [2.45, 2.75) is 13.5 Å². The van der Waals surface area contributed by atoms with Crippen molar-refractivity contribution in [1.82, 2.24) is 9.55 Å². The number of aromatic nitrogens is 2. The predicted octanol–water partition coefficient (Wildman–Crippen LogP) is 2.77. The number of thiazole rings is 1. The molecule has 5 heteroatoms. The molecule has 104 valence electrons. The van der Waals surface area contributed by atoms with Gasteiger partial charge >= 0.3 is 0 Å². The summed E-state index contributed by atoms with van der Waals surface area (Å²) < 4.78 is 2.00. The van der Waals surface area contributed by atoms with E-state index in [-0.39, 0.29) is 23.4 Å². The second-order valence-electron chi connectivity index (χ2n) is 4.64. The number of hydrogen-bond donors (Lipinski definition) is 1. The third-order valence-corrected chi connectivity index (χ3v) is 4.20. The summed E-state index contributed by atoms with van der Waals surface area (Å²) in [6.45, 7) is 2.02. The Balaban J connectivity index is 2.47. The van der Waals surface area contributed by atoms with Crippen LogP contribution in [0.4, 0.5) is 0 Å². The zero-order valence-electron chi connectivity index (χ0n) is 11.3. The molecule has 0 aliphatic rings. The minimum Gasteiger partial charge on any atom is -0.505 e. The van der Waals surface area contributed by atoms with E-state index in [9.17, 15) is 9.90 Å². The summed E-state index contributed by atoms with van der Waals surface area (Å²) in [4.78, 5) is 16.9. The molecule has 4 nitrogen and oxygen atoms in total. The molecule has 0 aliphatic heterocycles. The highest BCUT2D eigenvalue weighted by Crippen LogP contribution is 2.36. The van der Waals surface area contributed by atoms with Crippen LogP contribution in [0.2, 0.25) is 0 Å². The molecule has 0 spiro atoms. The van der Waals surface area contributed by atoms with Gasteiger partial charge in [0.1, 0.15) is 10.4 Å². The van der Waals surface area contributed by atoms with Gasteiger partial charge in [-0.15, -0.1) is 17.8 Å². The van der Waals surface area contributed by atoms with Crippen LogP contribution in [-0.2, 0) is 6.54 Å². The molecule has 1 aromatic carbocycles. The summed E-state index contributed by atoms with van der Waals surface area (Å²) in [5.74, 6) is 2.44. The number of fused-ring (bicyclic) bond motifs is 1. The van der Waals surface area contributed by atoms with E-state index >= 15 is 0 Å². The summed E-state index contributed by atoms with van der Waals surface area (Å²) in [5.41, 5.74) is 3.61. The van der Waals surface area contributed by atoms with E-state index < -0.39 is 0 Å². The summed E-state index contributed by atoms with van der Waals surface area (Å²) in [7, 11) is 0. The predicted molar refractivity (Wildman–Crippen MR) is 84.6 cm³/mol. The van der Waals surface area contributed by atoms with Gasteiger partial charge in [0.25, 0.3) is 5.56 Å². The number of aromatic hydroxyl groups is 1. The van der Waals surface area contributed by atoms with Crippen LogP contribution in [0.3, 0.4) is 0 Å². The Bertz CT molecular complexity index is 932. The van der Waals surface area contributed by atoms with Crippen molar-refractivity contribution in [3.05, 3.63) is 45.7 Å². The van der Waals surface area contributed by atoms with Gasteiger partial charge in [-0.2, -0.15) is 0 Å². The van der Waals surface area contributed by atoms with E-state index in [0.29, 0.717) is 15.9 Å². The maximum absolute atomic E-state index is 12.7. The zero-order valence-corrected chi connectivity index (χ0v) is 12.1. The second kappa shape index (κ2) is 5.08. The molecule has 1 N–H and O–H groups in total. The Morgan fingerprint density at radius 1 is 1.43 bits per heavy atom. The van der Waals surface area contributed by atoms with Gasteiger partial charge in [-0.25, -0.2) is 4.98 Å². The number of terminal acetylenes is 1. The van der Waals surface area contributed by atoms with E-state index in [0.717, 1.165) is 5.56 Å². The lowest BCUT2D eigenvalue weighted by Gasteiger charge is -2.11. The van der Waals surface area contributed by atoms with Crippen molar-refractivity contribution in [1.29, 1.82) is 0 Å². The normalized spacial score (nSPS) is 10.7. The van der Waals surface area contributed by atoms with Gasteiger partial charge in [0, 0.05) is 0 Å². The quantitative estimate of drug-likeness (QED) is 0.740. The average Bonchev–Trinajstić information content (AvgIpc) is 2.95.